The van der Waals surface area contributed by atoms with Gasteiger partial charge in [-0.2, -0.15) is 0 Å². The number of carbonyl (C=O) groups is 1. The maximum atomic E-state index is 12.4. The van der Waals surface area contributed by atoms with Gasteiger partial charge < -0.3 is 10.2 Å². The number of amides is 1. The van der Waals surface area contributed by atoms with E-state index >= 15 is 0 Å². The van der Waals surface area contributed by atoms with Crippen molar-refractivity contribution < 1.29 is 4.79 Å². The Morgan fingerprint density at radius 1 is 1.21 bits per heavy atom. The van der Waals surface area contributed by atoms with Gasteiger partial charge in [-0.25, -0.2) is 9.97 Å². The van der Waals surface area contributed by atoms with Crippen LogP contribution in [0.5, 0.6) is 0 Å². The van der Waals surface area contributed by atoms with Crippen LogP contribution < -0.4 is 10.2 Å². The van der Waals surface area contributed by atoms with Crippen molar-refractivity contribution in [3.63, 3.8) is 0 Å². The normalized spacial score (nSPS) is 15.4. The number of aryl methyl sites for hydroxylation is 2. The summed E-state index contributed by atoms with van der Waals surface area (Å²) in [6.07, 6.45) is 1.77. The van der Waals surface area contributed by atoms with E-state index in [1.54, 1.807) is 6.07 Å². The van der Waals surface area contributed by atoms with Crippen molar-refractivity contribution in [2.45, 2.75) is 32.7 Å². The molecule has 1 N–H and O–H groups in total. The fourth-order valence-electron chi connectivity index (χ4n) is 3.02. The first kappa shape index (κ1) is 16.7. The summed E-state index contributed by atoms with van der Waals surface area (Å²) < 4.78 is 0. The van der Waals surface area contributed by atoms with Gasteiger partial charge in [-0.1, -0.05) is 29.8 Å². The summed E-state index contributed by atoms with van der Waals surface area (Å²) in [5, 5.41) is 3.61. The molecule has 0 unspecified atom stereocenters. The van der Waals surface area contributed by atoms with Gasteiger partial charge in [-0.05, 0) is 38.3 Å². The summed E-state index contributed by atoms with van der Waals surface area (Å²) in [6, 6.07) is 9.64. The Morgan fingerprint density at radius 3 is 2.58 bits per heavy atom. The van der Waals surface area contributed by atoms with Crippen LogP contribution in [0, 0.1) is 13.8 Å². The SMILES string of the molecule is Cc1nc(Cl)cc(N2CCC(NC(=O)c3ccccc3C)CC2)n1. The Kier molecular flexibility index (Phi) is 5.00. The number of benzene rings is 1. The van der Waals surface area contributed by atoms with Crippen LogP contribution in [-0.4, -0.2) is 35.0 Å². The quantitative estimate of drug-likeness (QED) is 0.869. The minimum atomic E-state index is 0.00692. The summed E-state index contributed by atoms with van der Waals surface area (Å²) in [6.45, 7) is 5.47. The number of hydrogen-bond donors (Lipinski definition) is 1. The fourth-order valence-corrected chi connectivity index (χ4v) is 3.24. The lowest BCUT2D eigenvalue weighted by Gasteiger charge is -2.33. The molecular formula is C18H21ClN4O. The lowest BCUT2D eigenvalue weighted by Crippen LogP contribution is -2.45. The maximum absolute atomic E-state index is 12.4. The molecule has 0 radical (unpaired) electrons. The number of aromatic nitrogens is 2. The standard InChI is InChI=1S/C18H21ClN4O/c1-12-5-3-4-6-15(12)18(24)22-14-7-9-23(10-8-14)17-11-16(19)20-13(2)21-17/h3-6,11,14H,7-10H2,1-2H3,(H,22,24). The van der Waals surface area contributed by atoms with Crippen LogP contribution >= 0.6 is 11.6 Å². The topological polar surface area (TPSA) is 58.1 Å². The lowest BCUT2D eigenvalue weighted by molar-refractivity contribution is 0.0930. The van der Waals surface area contributed by atoms with Crippen LogP contribution in [0.15, 0.2) is 30.3 Å². The predicted molar refractivity (Wildman–Crippen MR) is 95.7 cm³/mol. The third-order valence-corrected chi connectivity index (χ3v) is 4.53. The highest BCUT2D eigenvalue weighted by atomic mass is 35.5. The van der Waals surface area contributed by atoms with Gasteiger partial charge in [0.15, 0.2) is 0 Å². The van der Waals surface area contributed by atoms with Crippen LogP contribution in [-0.2, 0) is 0 Å². The molecule has 1 aromatic carbocycles. The van der Waals surface area contributed by atoms with Gasteiger partial charge in [0.2, 0.25) is 0 Å². The molecule has 1 aliphatic heterocycles. The first-order valence-corrected chi connectivity index (χ1v) is 8.53. The van der Waals surface area contributed by atoms with Gasteiger partial charge in [-0.15, -0.1) is 0 Å². The molecule has 126 valence electrons. The Morgan fingerprint density at radius 2 is 1.92 bits per heavy atom. The zero-order chi connectivity index (χ0) is 17.1. The first-order chi connectivity index (χ1) is 11.5. The number of nitrogens with one attached hydrogen (secondary N) is 1. The fraction of sp³-hybridized carbons (Fsp3) is 0.389. The van der Waals surface area contributed by atoms with E-state index in [2.05, 4.69) is 20.2 Å². The molecular weight excluding hydrogens is 324 g/mol. The molecule has 0 bridgehead atoms. The van der Waals surface area contributed by atoms with Crippen molar-refractivity contribution in [3.05, 3.63) is 52.4 Å². The molecule has 0 spiro atoms. The third-order valence-electron chi connectivity index (χ3n) is 4.34. The molecule has 3 rings (SSSR count). The summed E-state index contributed by atoms with van der Waals surface area (Å²) >= 11 is 6.01. The Hall–Kier alpha value is -2.14. The van der Waals surface area contributed by atoms with Gasteiger partial charge in [0.05, 0.1) is 0 Å². The van der Waals surface area contributed by atoms with Gasteiger partial charge in [0, 0.05) is 30.8 Å². The highest BCUT2D eigenvalue weighted by Gasteiger charge is 2.22. The average molecular weight is 345 g/mol. The van der Waals surface area contributed by atoms with E-state index in [1.807, 2.05) is 38.1 Å². The molecule has 2 aromatic rings. The summed E-state index contributed by atoms with van der Waals surface area (Å²) in [5.41, 5.74) is 1.75. The second-order valence-electron chi connectivity index (χ2n) is 6.15. The van der Waals surface area contributed by atoms with Crippen LogP contribution in [0.1, 0.15) is 34.6 Å². The summed E-state index contributed by atoms with van der Waals surface area (Å²) in [5.74, 6) is 1.54. The Balaban J connectivity index is 1.59. The number of rotatable bonds is 3. The van der Waals surface area contributed by atoms with Crippen molar-refractivity contribution >= 4 is 23.3 Å². The van der Waals surface area contributed by atoms with Gasteiger partial charge in [0.25, 0.3) is 5.91 Å². The highest BCUT2D eigenvalue weighted by molar-refractivity contribution is 6.29. The van der Waals surface area contributed by atoms with E-state index in [0.29, 0.717) is 11.0 Å². The molecule has 2 heterocycles. The van der Waals surface area contributed by atoms with Gasteiger partial charge in [0.1, 0.15) is 16.8 Å². The summed E-state index contributed by atoms with van der Waals surface area (Å²) in [7, 11) is 0. The van der Waals surface area contributed by atoms with E-state index in [-0.39, 0.29) is 11.9 Å². The third kappa shape index (κ3) is 3.85. The van der Waals surface area contributed by atoms with Crippen molar-refractivity contribution in [1.29, 1.82) is 0 Å². The van der Waals surface area contributed by atoms with Crippen molar-refractivity contribution in [3.8, 4) is 0 Å². The van der Waals surface area contributed by atoms with E-state index < -0.39 is 0 Å². The average Bonchev–Trinajstić information content (AvgIpc) is 2.55. The molecule has 1 saturated heterocycles. The molecule has 5 nitrogen and oxygen atoms in total. The molecule has 1 amide bonds. The zero-order valence-corrected chi connectivity index (χ0v) is 14.7. The van der Waals surface area contributed by atoms with E-state index in [9.17, 15) is 4.79 Å². The number of halogens is 1. The van der Waals surface area contributed by atoms with Crippen LogP contribution in [0.25, 0.3) is 0 Å². The largest absolute Gasteiger partial charge is 0.356 e. The number of piperidine rings is 1. The number of carbonyl (C=O) groups excluding carboxylic acids is 1. The van der Waals surface area contributed by atoms with E-state index in [0.717, 1.165) is 42.9 Å². The smallest absolute Gasteiger partial charge is 0.251 e. The predicted octanol–water partition coefficient (Wildman–Crippen LogP) is 3.15. The Bertz CT molecular complexity index is 721. The number of nitrogens with zero attached hydrogens (tertiary/aromatic N) is 3. The van der Waals surface area contributed by atoms with Gasteiger partial charge >= 0.3 is 0 Å². The first-order valence-electron chi connectivity index (χ1n) is 8.15. The van der Waals surface area contributed by atoms with Crippen molar-refractivity contribution in [2.24, 2.45) is 0 Å². The number of anilines is 1. The molecule has 1 fully saturated rings. The van der Waals surface area contributed by atoms with Crippen LogP contribution in [0.3, 0.4) is 0 Å². The van der Waals surface area contributed by atoms with Gasteiger partial charge in [-0.3, -0.25) is 4.79 Å². The highest BCUT2D eigenvalue weighted by Crippen LogP contribution is 2.21. The second kappa shape index (κ2) is 7.18. The molecule has 0 saturated carbocycles. The molecule has 0 aliphatic carbocycles. The zero-order valence-electron chi connectivity index (χ0n) is 13.9. The van der Waals surface area contributed by atoms with Crippen molar-refractivity contribution in [1.82, 2.24) is 15.3 Å². The van der Waals surface area contributed by atoms with Crippen molar-refractivity contribution in [2.75, 3.05) is 18.0 Å². The minimum Gasteiger partial charge on any atom is -0.356 e. The van der Waals surface area contributed by atoms with Crippen LogP contribution in [0.4, 0.5) is 5.82 Å². The van der Waals surface area contributed by atoms with E-state index in [4.69, 9.17) is 11.6 Å². The Labute approximate surface area is 147 Å². The summed E-state index contributed by atoms with van der Waals surface area (Å²) in [4.78, 5) is 23.1. The number of hydrogen-bond acceptors (Lipinski definition) is 4. The maximum Gasteiger partial charge on any atom is 0.251 e. The van der Waals surface area contributed by atoms with E-state index in [1.165, 1.54) is 0 Å². The molecule has 1 aromatic heterocycles. The molecule has 24 heavy (non-hydrogen) atoms. The lowest BCUT2D eigenvalue weighted by atomic mass is 10.0. The van der Waals surface area contributed by atoms with Crippen LogP contribution in [0.2, 0.25) is 5.15 Å². The monoisotopic (exact) mass is 344 g/mol. The molecule has 1 aliphatic rings. The molecule has 6 heteroatoms. The minimum absolute atomic E-state index is 0.00692. The molecule has 0 atom stereocenters. The second-order valence-corrected chi connectivity index (χ2v) is 6.53.